The molecule has 126 valence electrons. The highest BCUT2D eigenvalue weighted by atomic mass is 19.4. The molecule has 1 aliphatic rings. The summed E-state index contributed by atoms with van der Waals surface area (Å²) in [6, 6.07) is 4.62. The van der Waals surface area contributed by atoms with Crippen LogP contribution in [-0.4, -0.2) is 31.1 Å². The van der Waals surface area contributed by atoms with Crippen LogP contribution < -0.4 is 10.6 Å². The third-order valence-electron chi connectivity index (χ3n) is 3.38. The average Bonchev–Trinajstić information content (AvgIpc) is 2.97. The number of para-hydroxylation sites is 1. The highest BCUT2D eigenvalue weighted by Crippen LogP contribution is 2.34. The molecular weight excluding hydrogens is 313 g/mol. The van der Waals surface area contributed by atoms with Gasteiger partial charge in [0.2, 0.25) is 11.8 Å². The van der Waals surface area contributed by atoms with Gasteiger partial charge in [-0.1, -0.05) is 12.1 Å². The highest BCUT2D eigenvalue weighted by molar-refractivity contribution is 6.03. The molecule has 0 aliphatic carbocycles. The van der Waals surface area contributed by atoms with Crippen LogP contribution in [0.3, 0.4) is 0 Å². The third-order valence-corrected chi connectivity index (χ3v) is 3.38. The molecule has 1 heterocycles. The summed E-state index contributed by atoms with van der Waals surface area (Å²) >= 11 is 0. The van der Waals surface area contributed by atoms with E-state index in [4.69, 9.17) is 4.74 Å². The Balaban J connectivity index is 1.86. The van der Waals surface area contributed by atoms with Gasteiger partial charge in [-0.2, -0.15) is 13.2 Å². The van der Waals surface area contributed by atoms with Crippen molar-refractivity contribution in [3.8, 4) is 0 Å². The number of nitrogens with one attached hydrogen (secondary N) is 2. The van der Waals surface area contributed by atoms with Gasteiger partial charge in [-0.3, -0.25) is 9.59 Å². The van der Waals surface area contributed by atoms with Crippen molar-refractivity contribution in [3.63, 3.8) is 0 Å². The van der Waals surface area contributed by atoms with Crippen molar-refractivity contribution >= 4 is 17.5 Å². The van der Waals surface area contributed by atoms with Gasteiger partial charge in [0.25, 0.3) is 0 Å². The Bertz CT molecular complexity index is 569. The van der Waals surface area contributed by atoms with Crippen molar-refractivity contribution in [2.45, 2.75) is 31.5 Å². The molecule has 1 aliphatic heterocycles. The molecule has 1 atom stereocenters. The predicted molar refractivity (Wildman–Crippen MR) is 76.7 cm³/mol. The van der Waals surface area contributed by atoms with E-state index in [-0.39, 0.29) is 11.8 Å². The Morgan fingerprint density at radius 2 is 1.96 bits per heavy atom. The van der Waals surface area contributed by atoms with E-state index in [9.17, 15) is 22.8 Å². The zero-order valence-electron chi connectivity index (χ0n) is 12.3. The second-order valence-electron chi connectivity index (χ2n) is 5.21. The zero-order valence-corrected chi connectivity index (χ0v) is 12.3. The minimum atomic E-state index is -4.58. The molecule has 2 amide bonds. The lowest BCUT2D eigenvalue weighted by atomic mass is 10.1. The molecule has 5 nitrogen and oxygen atoms in total. The molecule has 0 spiro atoms. The molecule has 0 saturated carbocycles. The maximum Gasteiger partial charge on any atom is 0.418 e. The molecular formula is C15H17F3N2O3. The number of halogens is 3. The van der Waals surface area contributed by atoms with E-state index >= 15 is 0 Å². The summed E-state index contributed by atoms with van der Waals surface area (Å²) < 4.78 is 43.7. The van der Waals surface area contributed by atoms with Gasteiger partial charge in [0.1, 0.15) is 6.42 Å². The Labute approximate surface area is 131 Å². The van der Waals surface area contributed by atoms with Crippen LogP contribution in [0, 0.1) is 0 Å². The molecule has 0 bridgehead atoms. The van der Waals surface area contributed by atoms with E-state index in [1.165, 1.54) is 12.1 Å². The molecule has 1 aromatic rings. The maximum absolute atomic E-state index is 12.8. The predicted octanol–water partition coefficient (Wildman–Crippen LogP) is 2.33. The average molecular weight is 330 g/mol. The van der Waals surface area contributed by atoms with E-state index in [2.05, 4.69) is 10.6 Å². The fourth-order valence-electron chi connectivity index (χ4n) is 2.28. The molecule has 2 rings (SSSR count). The number of ether oxygens (including phenoxy) is 1. The number of carbonyl (C=O) groups excluding carboxylic acids is 2. The van der Waals surface area contributed by atoms with Gasteiger partial charge in [-0.15, -0.1) is 0 Å². The van der Waals surface area contributed by atoms with Crippen LogP contribution >= 0.6 is 0 Å². The summed E-state index contributed by atoms with van der Waals surface area (Å²) in [6.45, 7) is 0.945. The summed E-state index contributed by atoms with van der Waals surface area (Å²) in [5, 5.41) is 4.66. The van der Waals surface area contributed by atoms with E-state index in [1.54, 1.807) is 0 Å². The lowest BCUT2D eigenvalue weighted by Gasteiger charge is -2.14. The number of benzene rings is 1. The van der Waals surface area contributed by atoms with Gasteiger partial charge in [0.15, 0.2) is 0 Å². The monoisotopic (exact) mass is 330 g/mol. The zero-order chi connectivity index (χ0) is 16.9. The lowest BCUT2D eigenvalue weighted by Crippen LogP contribution is -2.34. The summed E-state index contributed by atoms with van der Waals surface area (Å²) in [5.41, 5.74) is -1.31. The molecule has 2 N–H and O–H groups in total. The highest BCUT2D eigenvalue weighted by Gasteiger charge is 2.33. The summed E-state index contributed by atoms with van der Waals surface area (Å²) in [6.07, 6.45) is -3.42. The Kier molecular flexibility index (Phi) is 5.59. The number of carbonyl (C=O) groups is 2. The number of hydrogen-bond donors (Lipinski definition) is 2. The van der Waals surface area contributed by atoms with Gasteiger partial charge < -0.3 is 15.4 Å². The lowest BCUT2D eigenvalue weighted by molar-refractivity contribution is -0.137. The third kappa shape index (κ3) is 5.24. The van der Waals surface area contributed by atoms with Crippen LogP contribution in [0.2, 0.25) is 0 Å². The Morgan fingerprint density at radius 1 is 1.22 bits per heavy atom. The fourth-order valence-corrected chi connectivity index (χ4v) is 2.28. The van der Waals surface area contributed by atoms with Crippen molar-refractivity contribution in [2.75, 3.05) is 18.5 Å². The van der Waals surface area contributed by atoms with E-state index in [0.29, 0.717) is 13.2 Å². The SMILES string of the molecule is O=C(CC(=O)Nc1ccccc1C(F)(F)F)NCC1CCCO1. The van der Waals surface area contributed by atoms with Crippen LogP contribution in [0.5, 0.6) is 0 Å². The second-order valence-corrected chi connectivity index (χ2v) is 5.21. The van der Waals surface area contributed by atoms with E-state index < -0.39 is 30.0 Å². The molecule has 23 heavy (non-hydrogen) atoms. The standard InChI is InChI=1S/C15H17F3N2O3/c16-15(17,18)11-5-1-2-6-12(11)20-14(22)8-13(21)19-9-10-4-3-7-23-10/h1-2,5-6,10H,3-4,7-9H2,(H,19,21)(H,20,22). The van der Waals surface area contributed by atoms with Gasteiger partial charge in [-0.25, -0.2) is 0 Å². The number of rotatable bonds is 5. The molecule has 1 saturated heterocycles. The number of anilines is 1. The summed E-state index contributed by atoms with van der Waals surface area (Å²) in [4.78, 5) is 23.4. The molecule has 1 aromatic carbocycles. The Morgan fingerprint density at radius 3 is 2.61 bits per heavy atom. The van der Waals surface area contributed by atoms with Gasteiger partial charge in [0, 0.05) is 13.2 Å². The number of hydrogen-bond acceptors (Lipinski definition) is 3. The summed E-state index contributed by atoms with van der Waals surface area (Å²) in [5.74, 6) is -1.35. The van der Waals surface area contributed by atoms with Crippen molar-refractivity contribution in [3.05, 3.63) is 29.8 Å². The second kappa shape index (κ2) is 7.45. The van der Waals surface area contributed by atoms with Gasteiger partial charge in [-0.05, 0) is 25.0 Å². The van der Waals surface area contributed by atoms with Crippen molar-refractivity contribution in [1.82, 2.24) is 5.32 Å². The van der Waals surface area contributed by atoms with Crippen molar-refractivity contribution in [2.24, 2.45) is 0 Å². The first-order chi connectivity index (χ1) is 10.9. The normalized spacial score (nSPS) is 17.8. The molecule has 8 heteroatoms. The van der Waals surface area contributed by atoms with Crippen molar-refractivity contribution < 1.29 is 27.5 Å². The Hall–Kier alpha value is -2.09. The largest absolute Gasteiger partial charge is 0.418 e. The van der Waals surface area contributed by atoms with Crippen LogP contribution in [0.25, 0.3) is 0 Å². The molecule has 0 aromatic heterocycles. The molecule has 1 fully saturated rings. The van der Waals surface area contributed by atoms with Crippen LogP contribution in [-0.2, 0) is 20.5 Å². The smallest absolute Gasteiger partial charge is 0.376 e. The topological polar surface area (TPSA) is 67.4 Å². The first kappa shape index (κ1) is 17.3. The maximum atomic E-state index is 12.8. The quantitative estimate of drug-likeness (QED) is 0.814. The van der Waals surface area contributed by atoms with Crippen molar-refractivity contribution in [1.29, 1.82) is 0 Å². The number of amides is 2. The fraction of sp³-hybridized carbons (Fsp3) is 0.467. The van der Waals surface area contributed by atoms with Gasteiger partial charge >= 0.3 is 6.18 Å². The molecule has 1 unspecified atom stereocenters. The minimum Gasteiger partial charge on any atom is -0.376 e. The van der Waals surface area contributed by atoms with Gasteiger partial charge in [0.05, 0.1) is 17.4 Å². The van der Waals surface area contributed by atoms with E-state index in [0.717, 1.165) is 25.0 Å². The number of alkyl halides is 3. The van der Waals surface area contributed by atoms with E-state index in [1.807, 2.05) is 0 Å². The first-order valence-electron chi connectivity index (χ1n) is 7.20. The summed E-state index contributed by atoms with van der Waals surface area (Å²) in [7, 11) is 0. The van der Waals surface area contributed by atoms with Crippen LogP contribution in [0.15, 0.2) is 24.3 Å². The van der Waals surface area contributed by atoms with Crippen LogP contribution in [0.1, 0.15) is 24.8 Å². The minimum absolute atomic E-state index is 0.0621. The molecule has 0 radical (unpaired) electrons. The first-order valence-corrected chi connectivity index (χ1v) is 7.20. The van der Waals surface area contributed by atoms with Crippen LogP contribution in [0.4, 0.5) is 18.9 Å².